The highest BCUT2D eigenvalue weighted by Crippen LogP contribution is 2.46. The SMILES string of the molecule is CCCN1CCc2[nH]nc(C(=O)N3CCC(c4cccc(F)c4C(F)(F)F)CC3)c2C1.CCCN1CCc2c(C(=O)N3CCC(c4cccc(F)c4C(F)(F)F)CC3)n[nH]c2C1.CCN1CCc2[nH]nc(C(=O)N3CCC(c4cccc(F)c4C(F)(F)F)CC3)c2C1.CN1CCc2[nH]nc(C(=O)N3CCC(c4cccc(F)c4C(F)(F)F)CC3)c2C1. The summed E-state index contributed by atoms with van der Waals surface area (Å²) in [7, 11) is 1.98. The fourth-order valence-electron chi connectivity index (χ4n) is 18.4. The van der Waals surface area contributed by atoms with Gasteiger partial charge < -0.3 is 24.5 Å². The van der Waals surface area contributed by atoms with Crippen LogP contribution in [0.2, 0.25) is 0 Å². The number of carbonyl (C=O) groups is 4. The summed E-state index contributed by atoms with van der Waals surface area (Å²) in [5.74, 6) is -7.52. The van der Waals surface area contributed by atoms with Crippen LogP contribution in [0.15, 0.2) is 72.8 Å². The van der Waals surface area contributed by atoms with Crippen molar-refractivity contribution in [2.24, 2.45) is 0 Å². The molecule has 16 rings (SSSR count). The van der Waals surface area contributed by atoms with Crippen molar-refractivity contribution in [2.45, 2.75) is 185 Å². The van der Waals surface area contributed by atoms with Gasteiger partial charge in [0, 0.05) is 163 Å². The number of halogens is 16. The molecule has 0 bridgehead atoms. The highest BCUT2D eigenvalue weighted by atomic mass is 19.4. The van der Waals surface area contributed by atoms with Gasteiger partial charge in [-0.25, -0.2) is 17.6 Å². The van der Waals surface area contributed by atoms with Crippen LogP contribution < -0.4 is 0 Å². The van der Waals surface area contributed by atoms with Crippen molar-refractivity contribution in [1.82, 2.24) is 80.0 Å². The molecule has 0 radical (unpaired) electrons. The lowest BCUT2D eigenvalue weighted by atomic mass is 9.86. The lowest BCUT2D eigenvalue weighted by Crippen LogP contribution is -2.39. The van der Waals surface area contributed by atoms with Crippen LogP contribution in [0.3, 0.4) is 0 Å². The zero-order valence-corrected chi connectivity index (χ0v) is 67.6. The summed E-state index contributed by atoms with van der Waals surface area (Å²) in [4.78, 5) is 67.7. The van der Waals surface area contributed by atoms with Crippen molar-refractivity contribution >= 4 is 23.6 Å². The number of hydrogen-bond donors (Lipinski definition) is 4. The van der Waals surface area contributed by atoms with Crippen molar-refractivity contribution in [1.29, 1.82) is 0 Å². The first-order valence-corrected chi connectivity index (χ1v) is 41.3. The van der Waals surface area contributed by atoms with Crippen LogP contribution in [-0.2, 0) is 76.6 Å². The molecule has 8 aliphatic rings. The Kier molecular flexibility index (Phi) is 27.7. The van der Waals surface area contributed by atoms with E-state index in [-0.39, 0.29) is 45.9 Å². The molecule has 20 nitrogen and oxygen atoms in total. The number of alkyl halides is 12. The number of aromatic amines is 4. The van der Waals surface area contributed by atoms with E-state index < -0.39 is 93.9 Å². The molecule has 4 N–H and O–H groups in total. The number of nitrogens with zero attached hydrogens (tertiary/aromatic N) is 12. The van der Waals surface area contributed by atoms with Gasteiger partial charge in [-0.2, -0.15) is 73.1 Å². The Hall–Kier alpha value is -9.68. The van der Waals surface area contributed by atoms with Gasteiger partial charge in [-0.05, 0) is 168 Å². The van der Waals surface area contributed by atoms with Crippen LogP contribution in [0, 0.1) is 23.3 Å². The fraction of sp³-hybridized carbons (Fsp3) is 0.529. The molecule has 0 spiro atoms. The zero-order chi connectivity index (χ0) is 86.6. The summed E-state index contributed by atoms with van der Waals surface area (Å²) in [6, 6.07) is 14.0. The van der Waals surface area contributed by atoms with Crippen LogP contribution in [0.5, 0.6) is 0 Å². The summed E-state index contributed by atoms with van der Waals surface area (Å²) < 4.78 is 216. The Balaban J connectivity index is 0.000000139. The summed E-state index contributed by atoms with van der Waals surface area (Å²) in [6.45, 7) is 18.0. The number of H-pyrrole nitrogens is 4. The lowest BCUT2D eigenvalue weighted by Gasteiger charge is -2.33. The minimum absolute atomic E-state index is 0.0206. The summed E-state index contributed by atoms with van der Waals surface area (Å²) in [5.41, 5.74) is 4.40. The first-order chi connectivity index (χ1) is 57.6. The van der Waals surface area contributed by atoms with Gasteiger partial charge in [0.25, 0.3) is 23.6 Å². The quantitative estimate of drug-likeness (QED) is 0.0795. The monoisotopic (exact) mass is 1710 g/mol. The third kappa shape index (κ3) is 20.0. The first-order valence-electron chi connectivity index (χ1n) is 41.3. The molecular formula is C85H98F16N16O4. The second kappa shape index (κ2) is 37.6. The number of amides is 4. The molecule has 12 heterocycles. The zero-order valence-electron chi connectivity index (χ0n) is 67.6. The Bertz CT molecular complexity index is 4960. The van der Waals surface area contributed by atoms with Gasteiger partial charge in [0.1, 0.15) is 23.3 Å². The normalized spacial score (nSPS) is 18.4. The van der Waals surface area contributed by atoms with Gasteiger partial charge in [-0.15, -0.1) is 0 Å². The van der Waals surface area contributed by atoms with Crippen LogP contribution >= 0.6 is 0 Å². The average Bonchev–Trinajstić information content (AvgIpc) is 1.73. The average molecular weight is 1710 g/mol. The predicted molar refractivity (Wildman–Crippen MR) is 415 cm³/mol. The summed E-state index contributed by atoms with van der Waals surface area (Å²) in [6.07, 6.45) is -10.9. The third-order valence-electron chi connectivity index (χ3n) is 24.7. The smallest absolute Gasteiger partial charge is 0.337 e. The number of nitrogens with one attached hydrogen (secondary N) is 4. The molecule has 0 atom stereocenters. The molecule has 36 heteroatoms. The number of benzene rings is 4. The van der Waals surface area contributed by atoms with E-state index in [0.717, 1.165) is 160 Å². The second-order valence-corrected chi connectivity index (χ2v) is 32.3. The molecule has 654 valence electrons. The number of carbonyl (C=O) groups excluding carboxylic acids is 4. The number of piperidine rings is 4. The largest absolute Gasteiger partial charge is 0.419 e. The van der Waals surface area contributed by atoms with E-state index in [1.807, 2.05) is 7.05 Å². The highest BCUT2D eigenvalue weighted by Gasteiger charge is 2.45. The number of likely N-dealkylation sites (tertiary alicyclic amines) is 4. The second-order valence-electron chi connectivity index (χ2n) is 32.3. The summed E-state index contributed by atoms with van der Waals surface area (Å²) >= 11 is 0. The molecule has 4 aromatic heterocycles. The Morgan fingerprint density at radius 1 is 0.339 bits per heavy atom. The fourth-order valence-corrected chi connectivity index (χ4v) is 18.4. The lowest BCUT2D eigenvalue weighted by molar-refractivity contribution is -0.141. The van der Waals surface area contributed by atoms with E-state index >= 15 is 0 Å². The number of aromatic nitrogens is 8. The van der Waals surface area contributed by atoms with Gasteiger partial charge in [-0.3, -0.25) is 54.3 Å². The number of hydrogen-bond acceptors (Lipinski definition) is 12. The van der Waals surface area contributed by atoms with E-state index in [4.69, 9.17) is 0 Å². The van der Waals surface area contributed by atoms with E-state index in [1.54, 1.807) is 19.6 Å². The third-order valence-corrected chi connectivity index (χ3v) is 24.7. The minimum Gasteiger partial charge on any atom is -0.337 e. The Morgan fingerprint density at radius 3 is 0.909 bits per heavy atom. The van der Waals surface area contributed by atoms with E-state index in [1.165, 1.54) is 48.5 Å². The first kappa shape index (κ1) is 89.1. The van der Waals surface area contributed by atoms with Crippen molar-refractivity contribution in [2.75, 3.05) is 105 Å². The standard InChI is InChI=1S/2C22H26F4N4O.C21H24F4N4O.C20H22F4N4O/c1-2-9-29-10-8-18-16(13-29)20(28-27-18)21(31)30-11-6-14(7-12-30)15-4-3-5-17(23)19(15)22(24,25)26;1-2-9-29-10-8-16-18(13-29)27-28-20(16)21(31)30-11-6-14(7-12-30)15-4-3-5-17(23)19(15)22(24,25)26;1-2-28-9-8-17-15(12-28)19(27-26-17)20(30)29-10-6-13(7-11-29)14-4-3-5-16(22)18(14)21(23,24)25;1-27-8-7-16-14(11-27)18(26-25-16)19(29)28-9-5-12(6-10-28)13-3-2-4-15(21)17(13)20(22,23)24/h2*3-5,14H,2,6-13H2,1H3,(H,27,28);3-5,13H,2,6-12H2,1H3,(H,26,27);2-4,12H,5-11H2,1H3,(H,25,26). The van der Waals surface area contributed by atoms with E-state index in [0.29, 0.717) is 146 Å². The van der Waals surface area contributed by atoms with Crippen molar-refractivity contribution in [3.05, 3.63) is 208 Å². The molecule has 4 saturated heterocycles. The van der Waals surface area contributed by atoms with Gasteiger partial charge in [0.15, 0.2) is 22.8 Å². The highest BCUT2D eigenvalue weighted by molar-refractivity contribution is 5.96. The van der Waals surface area contributed by atoms with Crippen molar-refractivity contribution in [3.63, 3.8) is 0 Å². The van der Waals surface area contributed by atoms with Crippen LogP contribution in [0.4, 0.5) is 70.2 Å². The van der Waals surface area contributed by atoms with Crippen molar-refractivity contribution in [3.8, 4) is 0 Å². The molecule has 0 aliphatic carbocycles. The van der Waals surface area contributed by atoms with Crippen LogP contribution in [-0.4, -0.2) is 209 Å². The van der Waals surface area contributed by atoms with Gasteiger partial charge in [-0.1, -0.05) is 69.3 Å². The molecule has 0 unspecified atom stereocenters. The maximum absolute atomic E-state index is 13.9. The molecule has 4 amide bonds. The van der Waals surface area contributed by atoms with Gasteiger partial charge >= 0.3 is 24.7 Å². The maximum atomic E-state index is 13.9. The molecule has 4 aromatic carbocycles. The van der Waals surface area contributed by atoms with Gasteiger partial charge in [0.2, 0.25) is 0 Å². The molecular weight excluding hydrogens is 1610 g/mol. The predicted octanol–water partition coefficient (Wildman–Crippen LogP) is 16.3. The van der Waals surface area contributed by atoms with E-state index in [2.05, 4.69) is 81.2 Å². The van der Waals surface area contributed by atoms with Crippen LogP contribution in [0.25, 0.3) is 0 Å². The Morgan fingerprint density at radius 2 is 0.603 bits per heavy atom. The molecule has 4 fully saturated rings. The minimum atomic E-state index is -4.74. The Labute approximate surface area is 689 Å². The van der Waals surface area contributed by atoms with E-state index in [9.17, 15) is 89.4 Å². The van der Waals surface area contributed by atoms with Gasteiger partial charge in [0.05, 0.1) is 27.9 Å². The molecule has 8 aromatic rings. The summed E-state index contributed by atoms with van der Waals surface area (Å²) in [5, 5.41) is 28.8. The molecule has 0 saturated carbocycles. The van der Waals surface area contributed by atoms with Crippen LogP contribution in [0.1, 0.15) is 240 Å². The number of likely N-dealkylation sites (N-methyl/N-ethyl adjacent to an activating group) is 2. The number of rotatable bonds is 13. The maximum Gasteiger partial charge on any atom is 0.419 e. The number of fused-ring (bicyclic) bond motifs is 4. The molecule has 8 aliphatic heterocycles. The van der Waals surface area contributed by atoms with Crippen molar-refractivity contribution < 1.29 is 89.4 Å². The topological polar surface area (TPSA) is 209 Å². The molecule has 121 heavy (non-hydrogen) atoms.